The highest BCUT2D eigenvalue weighted by Crippen LogP contribution is 2.17. The largest absolute Gasteiger partial charge is 0.348 e. The molecule has 94 valence electrons. The molecule has 0 aromatic heterocycles. The number of carbonyl (C=O) groups excluding carboxylic acids is 1. The highest BCUT2D eigenvalue weighted by molar-refractivity contribution is 9.10. The molecule has 1 aromatic carbocycles. The molecule has 0 saturated carbocycles. The molecule has 1 atom stereocenters. The third-order valence-electron chi connectivity index (χ3n) is 2.81. The van der Waals surface area contributed by atoms with Gasteiger partial charge < -0.3 is 11.1 Å². The summed E-state index contributed by atoms with van der Waals surface area (Å²) in [4.78, 5) is 12.0. The Labute approximate surface area is 111 Å². The van der Waals surface area contributed by atoms with Crippen LogP contribution in [0.2, 0.25) is 0 Å². The second kappa shape index (κ2) is 6.17. The number of halogens is 1. The van der Waals surface area contributed by atoms with Gasteiger partial charge in [0.1, 0.15) is 0 Å². The monoisotopic (exact) mass is 298 g/mol. The second-order valence-electron chi connectivity index (χ2n) is 4.52. The summed E-state index contributed by atoms with van der Waals surface area (Å²) in [5, 5.41) is 2.94. The van der Waals surface area contributed by atoms with Crippen LogP contribution in [0, 0.1) is 12.8 Å². The van der Waals surface area contributed by atoms with Gasteiger partial charge >= 0.3 is 0 Å². The minimum Gasteiger partial charge on any atom is -0.348 e. The van der Waals surface area contributed by atoms with Crippen molar-refractivity contribution >= 4 is 21.8 Å². The number of benzene rings is 1. The van der Waals surface area contributed by atoms with Gasteiger partial charge in [0.05, 0.1) is 0 Å². The maximum absolute atomic E-state index is 12.0. The van der Waals surface area contributed by atoms with E-state index in [0.29, 0.717) is 18.0 Å². The average Bonchev–Trinajstić information content (AvgIpc) is 2.28. The molecule has 0 bridgehead atoms. The molecule has 0 aliphatic carbocycles. The van der Waals surface area contributed by atoms with Crippen LogP contribution in [0.25, 0.3) is 0 Å². The van der Waals surface area contributed by atoms with E-state index in [1.54, 1.807) is 0 Å². The lowest BCUT2D eigenvalue weighted by molar-refractivity contribution is 0.0927. The first kappa shape index (κ1) is 14.2. The van der Waals surface area contributed by atoms with E-state index in [4.69, 9.17) is 5.73 Å². The molecule has 0 radical (unpaired) electrons. The molecular weight excluding hydrogens is 280 g/mol. The Bertz CT molecular complexity index is 404. The highest BCUT2D eigenvalue weighted by atomic mass is 79.9. The smallest absolute Gasteiger partial charge is 0.251 e. The van der Waals surface area contributed by atoms with Gasteiger partial charge in [-0.3, -0.25) is 4.79 Å². The van der Waals surface area contributed by atoms with E-state index in [2.05, 4.69) is 21.2 Å². The minimum absolute atomic E-state index is 0.0163. The summed E-state index contributed by atoms with van der Waals surface area (Å²) >= 11 is 3.42. The van der Waals surface area contributed by atoms with Gasteiger partial charge in [0, 0.05) is 22.6 Å². The lowest BCUT2D eigenvalue weighted by Crippen LogP contribution is -2.43. The van der Waals surface area contributed by atoms with Gasteiger partial charge in [0.25, 0.3) is 5.91 Å². The first-order valence-electron chi connectivity index (χ1n) is 5.72. The summed E-state index contributed by atoms with van der Waals surface area (Å²) in [5.74, 6) is 0.257. The number of aryl methyl sites for hydroxylation is 1. The van der Waals surface area contributed by atoms with Crippen LogP contribution in [0.4, 0.5) is 0 Å². The highest BCUT2D eigenvalue weighted by Gasteiger charge is 2.15. The Morgan fingerprint density at radius 2 is 2.12 bits per heavy atom. The molecule has 3 nitrogen and oxygen atoms in total. The van der Waals surface area contributed by atoms with Crippen molar-refractivity contribution in [2.45, 2.75) is 26.8 Å². The van der Waals surface area contributed by atoms with Crippen LogP contribution in [0.1, 0.15) is 29.8 Å². The zero-order chi connectivity index (χ0) is 13.0. The molecule has 0 fully saturated rings. The Balaban J connectivity index is 2.79. The van der Waals surface area contributed by atoms with E-state index in [1.165, 1.54) is 0 Å². The molecule has 0 aliphatic rings. The summed E-state index contributed by atoms with van der Waals surface area (Å²) in [5.41, 5.74) is 7.40. The molecule has 0 saturated heterocycles. The van der Waals surface area contributed by atoms with Crippen LogP contribution in [0.3, 0.4) is 0 Å². The molecule has 1 rings (SSSR count). The van der Waals surface area contributed by atoms with E-state index in [0.717, 1.165) is 10.0 Å². The number of carbonyl (C=O) groups is 1. The van der Waals surface area contributed by atoms with E-state index in [-0.39, 0.29) is 11.9 Å². The Morgan fingerprint density at radius 1 is 1.47 bits per heavy atom. The predicted octanol–water partition coefficient (Wildman–Crippen LogP) is 2.47. The Hall–Kier alpha value is -0.870. The van der Waals surface area contributed by atoms with Crippen LogP contribution >= 0.6 is 15.9 Å². The Kier molecular flexibility index (Phi) is 5.15. The van der Waals surface area contributed by atoms with E-state index in [9.17, 15) is 4.79 Å². The van der Waals surface area contributed by atoms with Gasteiger partial charge in [-0.15, -0.1) is 0 Å². The molecule has 0 spiro atoms. The van der Waals surface area contributed by atoms with Crippen molar-refractivity contribution in [3.05, 3.63) is 33.8 Å². The molecule has 1 aromatic rings. The average molecular weight is 299 g/mol. The van der Waals surface area contributed by atoms with Crippen molar-refractivity contribution < 1.29 is 4.79 Å². The van der Waals surface area contributed by atoms with Gasteiger partial charge in [-0.1, -0.05) is 35.8 Å². The van der Waals surface area contributed by atoms with E-state index < -0.39 is 0 Å². The van der Waals surface area contributed by atoms with Gasteiger partial charge in [0.15, 0.2) is 0 Å². The zero-order valence-corrected chi connectivity index (χ0v) is 12.0. The van der Waals surface area contributed by atoms with Crippen LogP contribution in [0.15, 0.2) is 22.7 Å². The van der Waals surface area contributed by atoms with Crippen LogP contribution in [-0.2, 0) is 0 Å². The summed E-state index contributed by atoms with van der Waals surface area (Å²) in [6.07, 6.45) is 0. The second-order valence-corrected chi connectivity index (χ2v) is 5.38. The molecule has 1 amide bonds. The quantitative estimate of drug-likeness (QED) is 0.897. The summed E-state index contributed by atoms with van der Waals surface area (Å²) in [6.45, 7) is 6.53. The third-order valence-corrected chi connectivity index (χ3v) is 3.66. The first-order valence-corrected chi connectivity index (χ1v) is 6.52. The van der Waals surface area contributed by atoms with Gasteiger partial charge in [0.2, 0.25) is 0 Å². The SMILES string of the molecule is Cc1ccc(C(=O)NC(CN)C(C)C)cc1Br. The third kappa shape index (κ3) is 3.82. The first-order chi connectivity index (χ1) is 7.95. The minimum atomic E-state index is -0.0742. The maximum Gasteiger partial charge on any atom is 0.251 e. The summed E-state index contributed by atoms with van der Waals surface area (Å²) < 4.78 is 0.944. The van der Waals surface area contributed by atoms with Crippen molar-refractivity contribution in [1.29, 1.82) is 0 Å². The van der Waals surface area contributed by atoms with Gasteiger partial charge in [-0.25, -0.2) is 0 Å². The standard InChI is InChI=1S/C13H19BrN2O/c1-8(2)12(7-15)16-13(17)10-5-4-9(3)11(14)6-10/h4-6,8,12H,7,15H2,1-3H3,(H,16,17). The maximum atomic E-state index is 12.0. The van der Waals surface area contributed by atoms with Crippen LogP contribution < -0.4 is 11.1 Å². The van der Waals surface area contributed by atoms with Crippen molar-refractivity contribution in [3.8, 4) is 0 Å². The normalized spacial score (nSPS) is 12.6. The summed E-state index contributed by atoms with van der Waals surface area (Å²) in [6, 6.07) is 5.59. The fourth-order valence-electron chi connectivity index (χ4n) is 1.48. The van der Waals surface area contributed by atoms with Crippen LogP contribution in [-0.4, -0.2) is 18.5 Å². The fraction of sp³-hybridized carbons (Fsp3) is 0.462. The van der Waals surface area contributed by atoms with Crippen molar-refractivity contribution in [2.75, 3.05) is 6.54 Å². The molecule has 0 heterocycles. The number of nitrogens with one attached hydrogen (secondary N) is 1. The number of hydrogen-bond donors (Lipinski definition) is 2. The van der Waals surface area contributed by atoms with E-state index >= 15 is 0 Å². The van der Waals surface area contributed by atoms with Crippen molar-refractivity contribution in [2.24, 2.45) is 11.7 Å². The van der Waals surface area contributed by atoms with Gasteiger partial charge in [-0.2, -0.15) is 0 Å². The zero-order valence-electron chi connectivity index (χ0n) is 10.5. The lowest BCUT2D eigenvalue weighted by atomic mass is 10.0. The topological polar surface area (TPSA) is 55.1 Å². The van der Waals surface area contributed by atoms with Crippen LogP contribution in [0.5, 0.6) is 0 Å². The van der Waals surface area contributed by atoms with Gasteiger partial charge in [-0.05, 0) is 30.5 Å². The Morgan fingerprint density at radius 3 is 2.59 bits per heavy atom. The molecule has 0 aliphatic heterocycles. The lowest BCUT2D eigenvalue weighted by Gasteiger charge is -2.20. The van der Waals surface area contributed by atoms with E-state index in [1.807, 2.05) is 39.0 Å². The number of rotatable bonds is 4. The predicted molar refractivity (Wildman–Crippen MR) is 74.0 cm³/mol. The molecule has 17 heavy (non-hydrogen) atoms. The molecule has 4 heteroatoms. The number of nitrogens with two attached hydrogens (primary N) is 1. The summed E-state index contributed by atoms with van der Waals surface area (Å²) in [7, 11) is 0. The molecule has 1 unspecified atom stereocenters. The van der Waals surface area contributed by atoms with Crippen molar-refractivity contribution in [1.82, 2.24) is 5.32 Å². The van der Waals surface area contributed by atoms with Crippen molar-refractivity contribution in [3.63, 3.8) is 0 Å². The number of amides is 1. The molecule has 3 N–H and O–H groups in total. The number of hydrogen-bond acceptors (Lipinski definition) is 2. The molecular formula is C13H19BrN2O. The fourth-order valence-corrected chi connectivity index (χ4v) is 1.86.